The third-order valence-corrected chi connectivity index (χ3v) is 20.2. The fourth-order valence-corrected chi connectivity index (χ4v) is 15.3. The van der Waals surface area contributed by atoms with E-state index < -0.39 is 47.2 Å². The van der Waals surface area contributed by atoms with Crippen LogP contribution in [-0.4, -0.2) is 99.1 Å². The zero-order valence-electron chi connectivity index (χ0n) is 35.8. The van der Waals surface area contributed by atoms with E-state index in [-0.39, 0.29) is 41.4 Å². The Bertz CT molecular complexity index is 3290. The molecule has 11 rings (SSSR count). The number of nitrogens with zero attached hydrogens (tertiary/aromatic N) is 8. The Kier molecular flexibility index (Phi) is 10.5. The second-order valence-electron chi connectivity index (χ2n) is 18.0. The quantitative estimate of drug-likeness (QED) is 0.129. The lowest BCUT2D eigenvalue weighted by Crippen LogP contribution is -2.57. The molecule has 66 heavy (non-hydrogen) atoms. The van der Waals surface area contributed by atoms with E-state index in [1.54, 1.807) is 78.1 Å². The van der Waals surface area contributed by atoms with Gasteiger partial charge in [-0.2, -0.15) is 0 Å². The first-order chi connectivity index (χ1) is 31.7. The maximum Gasteiger partial charge on any atom is 0.254 e. The van der Waals surface area contributed by atoms with Gasteiger partial charge in [-0.15, -0.1) is 0 Å². The van der Waals surface area contributed by atoms with Crippen molar-refractivity contribution in [2.45, 2.75) is 70.6 Å². The highest BCUT2D eigenvalue weighted by Gasteiger charge is 2.65. The Hall–Kier alpha value is -5.21. The third kappa shape index (κ3) is 6.81. The van der Waals surface area contributed by atoms with Gasteiger partial charge < -0.3 is 29.4 Å². The summed E-state index contributed by atoms with van der Waals surface area (Å²) in [7, 11) is -6.65. The Balaban J connectivity index is 1.07. The molecule has 15 nitrogen and oxygen atoms in total. The molecule has 340 valence electrons. The fraction of sp³-hybridized carbons (Fsp3) is 0.340. The summed E-state index contributed by atoms with van der Waals surface area (Å²) >= 11 is 6.87. The molecule has 0 spiro atoms. The minimum Gasteiger partial charge on any atom is -0.494 e. The third-order valence-electron chi connectivity index (χ3n) is 14.2. The van der Waals surface area contributed by atoms with Crippen LogP contribution in [0.25, 0.3) is 33.6 Å². The van der Waals surface area contributed by atoms with E-state index in [0.29, 0.717) is 60.4 Å². The number of imidazole rings is 1. The van der Waals surface area contributed by atoms with E-state index >= 15 is 8.42 Å². The number of amides is 1. The summed E-state index contributed by atoms with van der Waals surface area (Å²) < 4.78 is 69.8. The minimum absolute atomic E-state index is 0.0396. The predicted octanol–water partition coefficient (Wildman–Crippen LogP) is 7.27. The van der Waals surface area contributed by atoms with Crippen molar-refractivity contribution in [3.05, 3.63) is 118 Å². The topological polar surface area (TPSA) is 188 Å². The molecular formula is C47H45Br2N9O6S2. The number of pyridine rings is 1. The van der Waals surface area contributed by atoms with Crippen LogP contribution in [0, 0.1) is 11.8 Å². The molecule has 2 N–H and O–H groups in total. The highest BCUT2D eigenvalue weighted by atomic mass is 79.9. The summed E-state index contributed by atoms with van der Waals surface area (Å²) in [6.45, 7) is 1.29. The molecule has 4 fully saturated rings. The molecule has 7 aromatic rings. The van der Waals surface area contributed by atoms with Crippen LogP contribution in [0.1, 0.15) is 42.5 Å². The highest BCUT2D eigenvalue weighted by Crippen LogP contribution is 2.50. The molecule has 1 amide bonds. The number of likely N-dealkylation sites (tertiary alicyclic amines) is 1. The number of fused-ring (bicyclic) bond motifs is 4. The molecule has 2 bridgehead atoms. The van der Waals surface area contributed by atoms with Gasteiger partial charge >= 0.3 is 0 Å². The number of anilines is 1. The van der Waals surface area contributed by atoms with Gasteiger partial charge in [-0.25, -0.2) is 36.8 Å². The van der Waals surface area contributed by atoms with Crippen molar-refractivity contribution < 1.29 is 26.4 Å². The van der Waals surface area contributed by atoms with Gasteiger partial charge in [-0.05, 0) is 123 Å². The SMILES string of the molecule is COc1cc(C(=O)N2CC3CCC2C3(N)S(=O)(=O)c2ccc(Br)cc2)cc2nc(-c3cc4cccnc4n3CC3CC3)n(C[C@@]3(S(=O)(=O)c4ccc(Br)cc4)CCN(c4ncccn4)C3)c12. The van der Waals surface area contributed by atoms with E-state index in [0.717, 1.165) is 38.5 Å². The van der Waals surface area contributed by atoms with Crippen LogP contribution in [0.4, 0.5) is 5.95 Å². The molecule has 4 aliphatic rings. The second-order valence-corrected chi connectivity index (χ2v) is 24.3. The number of halogens is 2. The van der Waals surface area contributed by atoms with E-state index in [1.165, 1.54) is 19.2 Å². The molecular weight excluding hydrogens is 1010 g/mol. The molecule has 2 aliphatic heterocycles. The number of rotatable bonds is 12. The molecule has 4 atom stereocenters. The van der Waals surface area contributed by atoms with Gasteiger partial charge in [0.25, 0.3) is 5.91 Å². The van der Waals surface area contributed by atoms with Gasteiger partial charge in [-0.1, -0.05) is 31.9 Å². The number of ether oxygens (including phenoxy) is 1. The van der Waals surface area contributed by atoms with Crippen molar-refractivity contribution in [1.82, 2.24) is 34.0 Å². The first kappa shape index (κ1) is 43.4. The summed E-state index contributed by atoms with van der Waals surface area (Å²) in [5, 5.41) is 0.910. The molecule has 3 aromatic carbocycles. The average Bonchev–Trinajstić information content (AvgIpc) is 3.57. The Labute approximate surface area is 398 Å². The Morgan fingerprint density at radius 1 is 0.833 bits per heavy atom. The van der Waals surface area contributed by atoms with Crippen LogP contribution < -0.4 is 15.4 Å². The molecule has 19 heteroatoms. The molecule has 3 unspecified atom stereocenters. The van der Waals surface area contributed by atoms with Gasteiger partial charge in [0.15, 0.2) is 25.5 Å². The maximum absolute atomic E-state index is 15.4. The van der Waals surface area contributed by atoms with Crippen LogP contribution in [-0.2, 0) is 32.8 Å². The second kappa shape index (κ2) is 16.0. The van der Waals surface area contributed by atoms with E-state index in [4.69, 9.17) is 20.4 Å². The number of carbonyl (C=O) groups excluding carboxylic acids is 1. The van der Waals surface area contributed by atoms with Gasteiger partial charge in [0.1, 0.15) is 26.5 Å². The Morgan fingerprint density at radius 2 is 1.52 bits per heavy atom. The molecule has 6 heterocycles. The lowest BCUT2D eigenvalue weighted by molar-refractivity contribution is 0.0697. The maximum atomic E-state index is 15.4. The monoisotopic (exact) mass is 1050 g/mol. The fourth-order valence-electron chi connectivity index (χ4n) is 10.6. The van der Waals surface area contributed by atoms with Crippen molar-refractivity contribution in [3.8, 4) is 17.3 Å². The zero-order chi connectivity index (χ0) is 45.8. The molecule has 2 saturated carbocycles. The number of methoxy groups -OCH3 is 1. The van der Waals surface area contributed by atoms with Gasteiger partial charge in [0.2, 0.25) is 5.95 Å². The number of aromatic nitrogens is 6. The average molecular weight is 1060 g/mol. The van der Waals surface area contributed by atoms with E-state index in [1.807, 2.05) is 27.7 Å². The summed E-state index contributed by atoms with van der Waals surface area (Å²) in [6.07, 6.45) is 8.47. The van der Waals surface area contributed by atoms with Crippen molar-refractivity contribution in [3.63, 3.8) is 0 Å². The zero-order valence-corrected chi connectivity index (χ0v) is 40.6. The number of nitrogens with two attached hydrogens (primary N) is 1. The first-order valence-corrected chi connectivity index (χ1v) is 26.4. The van der Waals surface area contributed by atoms with Gasteiger partial charge in [0.05, 0.1) is 34.2 Å². The summed E-state index contributed by atoms with van der Waals surface area (Å²) in [4.78, 5) is 36.1. The smallest absolute Gasteiger partial charge is 0.254 e. The number of benzene rings is 3. The number of carbonyl (C=O) groups is 1. The van der Waals surface area contributed by atoms with Crippen LogP contribution in [0.3, 0.4) is 0 Å². The van der Waals surface area contributed by atoms with Crippen molar-refractivity contribution in [2.24, 2.45) is 17.6 Å². The minimum atomic E-state index is -4.10. The summed E-state index contributed by atoms with van der Waals surface area (Å²) in [5.41, 5.74) is 9.71. The predicted molar refractivity (Wildman–Crippen MR) is 256 cm³/mol. The molecule has 2 aliphatic carbocycles. The lowest BCUT2D eigenvalue weighted by atomic mass is 10.1. The van der Waals surface area contributed by atoms with Crippen LogP contribution in [0.5, 0.6) is 5.75 Å². The van der Waals surface area contributed by atoms with Crippen molar-refractivity contribution >= 4 is 85.5 Å². The molecule has 2 saturated heterocycles. The molecule has 0 radical (unpaired) electrons. The number of piperidine rings is 1. The number of sulfone groups is 2. The summed E-state index contributed by atoms with van der Waals surface area (Å²) in [5.74, 6) is 0.812. The van der Waals surface area contributed by atoms with E-state index in [2.05, 4.69) is 46.4 Å². The number of hydrogen-bond acceptors (Lipinski definition) is 12. The van der Waals surface area contributed by atoms with Crippen LogP contribution in [0.15, 0.2) is 122 Å². The molecule has 4 aromatic heterocycles. The first-order valence-electron chi connectivity index (χ1n) is 21.9. The largest absolute Gasteiger partial charge is 0.494 e. The van der Waals surface area contributed by atoms with E-state index in [9.17, 15) is 13.2 Å². The highest BCUT2D eigenvalue weighted by molar-refractivity contribution is 9.10. The van der Waals surface area contributed by atoms with Gasteiger partial charge in [0, 0.05) is 77.1 Å². The van der Waals surface area contributed by atoms with Crippen molar-refractivity contribution in [2.75, 3.05) is 31.6 Å². The Morgan fingerprint density at radius 3 is 2.20 bits per heavy atom. The normalized spacial score (nSPS) is 23.1. The van der Waals surface area contributed by atoms with Gasteiger partial charge in [-0.3, -0.25) is 4.79 Å². The van der Waals surface area contributed by atoms with Crippen LogP contribution >= 0.6 is 31.9 Å². The lowest BCUT2D eigenvalue weighted by Gasteiger charge is -2.32. The van der Waals surface area contributed by atoms with Crippen molar-refractivity contribution in [1.29, 1.82) is 0 Å². The standard InChI is InChI=1S/C47H45Br2N9O6S2/c1-64-39-24-31(44(59)57-26-32-7-16-40(57)47(32,50)66(62,63)36-14-10-34(49)11-15-36)22-37-41(39)58(43(54-37)38-23-30-4-2-18-51-42(30)56(38)25-29-5-6-29)28-46(65(60,61)35-12-8-33(48)9-13-35)17-21-55(27-46)45-52-19-3-20-53-45/h2-4,8-15,18-20,22-24,29,32,40H,5-7,16-17,21,25-28,50H2,1H3/t32?,40?,46-,47?/m1/s1. The summed E-state index contributed by atoms with van der Waals surface area (Å²) in [6, 6.07) is 23.4. The number of hydrogen-bond donors (Lipinski definition) is 1. The van der Waals surface area contributed by atoms with Crippen LogP contribution in [0.2, 0.25) is 0 Å².